The molecule has 2 aliphatic heterocycles. The van der Waals surface area contributed by atoms with Gasteiger partial charge in [0.2, 0.25) is 17.8 Å². The zero-order valence-electron chi connectivity index (χ0n) is 15.9. The maximum absolute atomic E-state index is 5.47. The largest absolute Gasteiger partial charge is 0.378 e. The summed E-state index contributed by atoms with van der Waals surface area (Å²) in [6, 6.07) is 6.30. The summed E-state index contributed by atoms with van der Waals surface area (Å²) in [5.41, 5.74) is 3.40. The number of rotatable bonds is 4. The van der Waals surface area contributed by atoms with Crippen molar-refractivity contribution in [1.29, 1.82) is 0 Å². The second-order valence-electron chi connectivity index (χ2n) is 6.90. The van der Waals surface area contributed by atoms with Crippen LogP contribution >= 0.6 is 0 Å². The number of aromatic nitrogens is 3. The zero-order valence-corrected chi connectivity index (χ0v) is 15.9. The van der Waals surface area contributed by atoms with Gasteiger partial charge in [-0.05, 0) is 25.5 Å². The van der Waals surface area contributed by atoms with E-state index < -0.39 is 0 Å². The van der Waals surface area contributed by atoms with Gasteiger partial charge >= 0.3 is 0 Å². The third kappa shape index (κ3) is 4.28. The van der Waals surface area contributed by atoms with Crippen molar-refractivity contribution < 1.29 is 9.47 Å². The maximum atomic E-state index is 5.47. The van der Waals surface area contributed by atoms with Crippen LogP contribution in [0.15, 0.2) is 18.2 Å². The van der Waals surface area contributed by atoms with Gasteiger partial charge in [0.25, 0.3) is 0 Å². The van der Waals surface area contributed by atoms with Gasteiger partial charge in [-0.2, -0.15) is 15.0 Å². The number of anilines is 4. The van der Waals surface area contributed by atoms with Gasteiger partial charge in [-0.15, -0.1) is 0 Å². The third-order valence-corrected chi connectivity index (χ3v) is 4.83. The molecule has 0 saturated carbocycles. The molecule has 2 aliphatic rings. The van der Waals surface area contributed by atoms with Crippen LogP contribution in [-0.2, 0) is 9.47 Å². The van der Waals surface area contributed by atoms with E-state index in [2.05, 4.69) is 57.1 Å². The topological polar surface area (TPSA) is 75.6 Å². The molecule has 0 radical (unpaired) electrons. The van der Waals surface area contributed by atoms with E-state index in [1.165, 1.54) is 5.56 Å². The van der Waals surface area contributed by atoms with Gasteiger partial charge in [-0.1, -0.05) is 17.7 Å². The van der Waals surface area contributed by atoms with Gasteiger partial charge in [-0.3, -0.25) is 0 Å². The van der Waals surface area contributed by atoms with Crippen molar-refractivity contribution in [2.75, 3.05) is 67.7 Å². The lowest BCUT2D eigenvalue weighted by Crippen LogP contribution is -2.40. The summed E-state index contributed by atoms with van der Waals surface area (Å²) in [4.78, 5) is 18.4. The van der Waals surface area contributed by atoms with Crippen molar-refractivity contribution in [3.05, 3.63) is 29.3 Å². The van der Waals surface area contributed by atoms with Crippen LogP contribution in [0.3, 0.4) is 0 Å². The summed E-state index contributed by atoms with van der Waals surface area (Å²) in [5.74, 6) is 1.96. The van der Waals surface area contributed by atoms with E-state index in [0.29, 0.717) is 44.3 Å². The Morgan fingerprint density at radius 2 is 1.37 bits per heavy atom. The fourth-order valence-corrected chi connectivity index (χ4v) is 3.29. The van der Waals surface area contributed by atoms with Gasteiger partial charge < -0.3 is 24.6 Å². The summed E-state index contributed by atoms with van der Waals surface area (Å²) in [7, 11) is 0. The molecule has 0 amide bonds. The van der Waals surface area contributed by atoms with E-state index >= 15 is 0 Å². The van der Waals surface area contributed by atoms with Crippen LogP contribution in [0.4, 0.5) is 23.5 Å². The van der Waals surface area contributed by atoms with Crippen molar-refractivity contribution in [2.45, 2.75) is 13.8 Å². The third-order valence-electron chi connectivity index (χ3n) is 4.83. The lowest BCUT2D eigenvalue weighted by molar-refractivity contribution is 0.121. The van der Waals surface area contributed by atoms with Crippen LogP contribution in [-0.4, -0.2) is 67.6 Å². The molecule has 1 N–H and O–H groups in total. The zero-order chi connectivity index (χ0) is 18.6. The summed E-state index contributed by atoms with van der Waals surface area (Å²) < 4.78 is 10.9. The Morgan fingerprint density at radius 3 is 1.89 bits per heavy atom. The summed E-state index contributed by atoms with van der Waals surface area (Å²) >= 11 is 0. The molecule has 8 heteroatoms. The molecule has 1 aromatic carbocycles. The second kappa shape index (κ2) is 8.06. The van der Waals surface area contributed by atoms with E-state index in [1.54, 1.807) is 0 Å². The SMILES string of the molecule is Cc1ccc(Nc2nc(N3CCOCC3)nc(N3CCOCC3)n2)c(C)c1. The predicted molar refractivity (Wildman–Crippen MR) is 105 cm³/mol. The number of benzene rings is 1. The molecule has 0 atom stereocenters. The van der Waals surface area contributed by atoms with Crippen LogP contribution in [0.2, 0.25) is 0 Å². The minimum atomic E-state index is 0.569. The minimum Gasteiger partial charge on any atom is -0.378 e. The Balaban J connectivity index is 1.65. The molecule has 0 spiro atoms. The number of nitrogens with one attached hydrogen (secondary N) is 1. The quantitative estimate of drug-likeness (QED) is 0.875. The standard InChI is InChI=1S/C19H26N6O2/c1-14-3-4-16(15(2)13-14)20-17-21-18(24-5-9-26-10-6-24)23-19(22-17)25-7-11-27-12-8-25/h3-4,13H,5-12H2,1-2H3,(H,20,21,22,23). The molecule has 1 aromatic heterocycles. The molecule has 144 valence electrons. The van der Waals surface area contributed by atoms with E-state index in [1.807, 2.05) is 0 Å². The van der Waals surface area contributed by atoms with Crippen molar-refractivity contribution in [1.82, 2.24) is 15.0 Å². The number of aryl methyl sites for hydroxylation is 2. The monoisotopic (exact) mass is 370 g/mol. The second-order valence-corrected chi connectivity index (χ2v) is 6.90. The Bertz CT molecular complexity index is 752. The smallest absolute Gasteiger partial charge is 0.233 e. The number of nitrogens with zero attached hydrogens (tertiary/aromatic N) is 5. The first-order valence-corrected chi connectivity index (χ1v) is 9.45. The Kier molecular flexibility index (Phi) is 5.35. The molecule has 2 saturated heterocycles. The van der Waals surface area contributed by atoms with Crippen molar-refractivity contribution >= 4 is 23.5 Å². The lowest BCUT2D eigenvalue weighted by Gasteiger charge is -2.30. The average Bonchev–Trinajstić information content (AvgIpc) is 2.71. The van der Waals surface area contributed by atoms with Crippen LogP contribution in [0.5, 0.6) is 0 Å². The van der Waals surface area contributed by atoms with Crippen molar-refractivity contribution in [3.63, 3.8) is 0 Å². The van der Waals surface area contributed by atoms with Crippen molar-refractivity contribution in [3.8, 4) is 0 Å². The first-order chi connectivity index (χ1) is 13.2. The molecule has 4 rings (SSSR count). The highest BCUT2D eigenvalue weighted by atomic mass is 16.5. The summed E-state index contributed by atoms with van der Waals surface area (Å²) in [5, 5.41) is 3.38. The fourth-order valence-electron chi connectivity index (χ4n) is 3.29. The van der Waals surface area contributed by atoms with E-state index in [9.17, 15) is 0 Å². The molecular formula is C19H26N6O2. The molecule has 0 unspecified atom stereocenters. The van der Waals surface area contributed by atoms with Crippen LogP contribution in [0.25, 0.3) is 0 Å². The molecule has 0 aliphatic carbocycles. The molecule has 8 nitrogen and oxygen atoms in total. The van der Waals surface area contributed by atoms with Crippen LogP contribution in [0, 0.1) is 13.8 Å². The minimum absolute atomic E-state index is 0.569. The fraction of sp³-hybridized carbons (Fsp3) is 0.526. The summed E-state index contributed by atoms with van der Waals surface area (Å²) in [6.45, 7) is 10.1. The van der Waals surface area contributed by atoms with Gasteiger partial charge in [0.1, 0.15) is 0 Å². The van der Waals surface area contributed by atoms with Crippen molar-refractivity contribution in [2.24, 2.45) is 0 Å². The van der Waals surface area contributed by atoms with E-state index in [4.69, 9.17) is 14.5 Å². The van der Waals surface area contributed by atoms with Gasteiger partial charge in [0.05, 0.1) is 26.4 Å². The number of hydrogen-bond acceptors (Lipinski definition) is 8. The van der Waals surface area contributed by atoms with Gasteiger partial charge in [0, 0.05) is 31.9 Å². The molecule has 3 heterocycles. The highest BCUT2D eigenvalue weighted by Crippen LogP contribution is 2.23. The predicted octanol–water partition coefficient (Wildman–Crippen LogP) is 1.91. The molecular weight excluding hydrogens is 344 g/mol. The molecule has 2 fully saturated rings. The lowest BCUT2D eigenvalue weighted by atomic mass is 10.1. The number of ether oxygens (including phenoxy) is 2. The molecule has 0 bridgehead atoms. The number of morpholine rings is 2. The Morgan fingerprint density at radius 1 is 0.815 bits per heavy atom. The average molecular weight is 370 g/mol. The molecule has 27 heavy (non-hydrogen) atoms. The van der Waals surface area contributed by atoms with Crippen LogP contribution in [0.1, 0.15) is 11.1 Å². The highest BCUT2D eigenvalue weighted by Gasteiger charge is 2.20. The first-order valence-electron chi connectivity index (χ1n) is 9.45. The van der Waals surface area contributed by atoms with Crippen LogP contribution < -0.4 is 15.1 Å². The summed E-state index contributed by atoms with van der Waals surface area (Å²) in [6.07, 6.45) is 0. The van der Waals surface area contributed by atoms with Gasteiger partial charge in [-0.25, -0.2) is 0 Å². The highest BCUT2D eigenvalue weighted by molar-refractivity contribution is 5.60. The van der Waals surface area contributed by atoms with E-state index in [-0.39, 0.29) is 0 Å². The first kappa shape index (κ1) is 17.9. The Labute approximate surface area is 159 Å². The van der Waals surface area contributed by atoms with Gasteiger partial charge in [0.15, 0.2) is 0 Å². The maximum Gasteiger partial charge on any atom is 0.233 e. The van der Waals surface area contributed by atoms with E-state index in [0.717, 1.165) is 37.4 Å². The number of hydrogen-bond donors (Lipinski definition) is 1. The normalized spacial score (nSPS) is 17.9. The Hall–Kier alpha value is -2.45. The molecule has 2 aromatic rings.